The standard InChI is InChI=1S/C15H32/c1-9-13(5)11-15(8,12(3)4)14(6,7)10-2/h12-13H,9-11H2,1-8H3. The SMILES string of the molecule is CCC(C)CC(C)(C(C)C)C(C)(C)CC. The zero-order valence-corrected chi connectivity index (χ0v) is 12.3. The maximum Gasteiger partial charge on any atom is -0.0249 e. The molecule has 0 nitrogen and oxygen atoms in total. The van der Waals surface area contributed by atoms with Crippen molar-refractivity contribution < 1.29 is 0 Å². The molecule has 0 aliphatic heterocycles. The van der Waals surface area contributed by atoms with Crippen molar-refractivity contribution in [3.05, 3.63) is 0 Å². The van der Waals surface area contributed by atoms with Gasteiger partial charge in [0.25, 0.3) is 0 Å². The van der Waals surface area contributed by atoms with Crippen LogP contribution in [0.3, 0.4) is 0 Å². The molecule has 0 rings (SSSR count). The highest BCUT2D eigenvalue weighted by Gasteiger charge is 2.42. The molecule has 2 unspecified atom stereocenters. The summed E-state index contributed by atoms with van der Waals surface area (Å²) in [5.74, 6) is 1.62. The van der Waals surface area contributed by atoms with Gasteiger partial charge in [0.15, 0.2) is 0 Å². The smallest absolute Gasteiger partial charge is 0.0249 e. The van der Waals surface area contributed by atoms with Crippen molar-refractivity contribution >= 4 is 0 Å². The van der Waals surface area contributed by atoms with Gasteiger partial charge in [0.2, 0.25) is 0 Å². The van der Waals surface area contributed by atoms with Gasteiger partial charge in [-0.3, -0.25) is 0 Å². The lowest BCUT2D eigenvalue weighted by Crippen LogP contribution is -2.40. The predicted octanol–water partition coefficient (Wildman–Crippen LogP) is 5.52. The van der Waals surface area contributed by atoms with E-state index < -0.39 is 0 Å². The average molecular weight is 212 g/mol. The Bertz CT molecular complexity index is 178. The first-order valence-electron chi connectivity index (χ1n) is 6.71. The van der Waals surface area contributed by atoms with Gasteiger partial charge in [-0.25, -0.2) is 0 Å². The van der Waals surface area contributed by atoms with Crippen LogP contribution in [0.1, 0.15) is 74.7 Å². The summed E-state index contributed by atoms with van der Waals surface area (Å²) in [6, 6.07) is 0. The van der Waals surface area contributed by atoms with Gasteiger partial charge in [0.05, 0.1) is 0 Å². The molecular formula is C15H32. The summed E-state index contributed by atoms with van der Waals surface area (Å²) in [5, 5.41) is 0. The van der Waals surface area contributed by atoms with E-state index >= 15 is 0 Å². The molecule has 0 aliphatic carbocycles. The molecular weight excluding hydrogens is 180 g/mol. The van der Waals surface area contributed by atoms with Gasteiger partial charge in [-0.1, -0.05) is 68.2 Å². The maximum absolute atomic E-state index is 2.49. The molecule has 0 aromatic heterocycles. The average Bonchev–Trinajstić information content (AvgIpc) is 2.16. The van der Waals surface area contributed by atoms with E-state index in [9.17, 15) is 0 Å². The third kappa shape index (κ3) is 3.23. The van der Waals surface area contributed by atoms with Crippen LogP contribution < -0.4 is 0 Å². The Morgan fingerprint density at radius 3 is 1.67 bits per heavy atom. The largest absolute Gasteiger partial charge is 0.0651 e. The summed E-state index contributed by atoms with van der Waals surface area (Å²) in [6.45, 7) is 19.2. The zero-order chi connectivity index (χ0) is 12.3. The van der Waals surface area contributed by atoms with Crippen LogP contribution in [0.25, 0.3) is 0 Å². The van der Waals surface area contributed by atoms with Crippen molar-refractivity contribution in [1.29, 1.82) is 0 Å². The van der Waals surface area contributed by atoms with Gasteiger partial charge in [0.1, 0.15) is 0 Å². The van der Waals surface area contributed by atoms with Crippen LogP contribution in [0, 0.1) is 22.7 Å². The maximum atomic E-state index is 2.49. The van der Waals surface area contributed by atoms with Crippen molar-refractivity contribution in [3.8, 4) is 0 Å². The molecule has 0 spiro atoms. The second kappa shape index (κ2) is 5.37. The third-order valence-corrected chi connectivity index (χ3v) is 5.17. The summed E-state index contributed by atoms with van der Waals surface area (Å²) < 4.78 is 0. The van der Waals surface area contributed by atoms with Crippen LogP contribution in [-0.4, -0.2) is 0 Å². The van der Waals surface area contributed by atoms with Crippen LogP contribution >= 0.6 is 0 Å². The summed E-state index contributed by atoms with van der Waals surface area (Å²) in [6.07, 6.45) is 3.95. The van der Waals surface area contributed by atoms with E-state index in [-0.39, 0.29) is 0 Å². The van der Waals surface area contributed by atoms with Crippen molar-refractivity contribution in [2.75, 3.05) is 0 Å². The number of rotatable bonds is 6. The highest BCUT2D eigenvalue weighted by Crippen LogP contribution is 2.51. The van der Waals surface area contributed by atoms with Gasteiger partial charge in [-0.2, -0.15) is 0 Å². The lowest BCUT2D eigenvalue weighted by Gasteiger charge is -2.49. The number of hydrogen-bond donors (Lipinski definition) is 0. The van der Waals surface area contributed by atoms with Gasteiger partial charge < -0.3 is 0 Å². The molecule has 0 heterocycles. The van der Waals surface area contributed by atoms with E-state index in [1.54, 1.807) is 0 Å². The Labute approximate surface area is 97.8 Å². The van der Waals surface area contributed by atoms with E-state index in [1.165, 1.54) is 19.3 Å². The highest BCUT2D eigenvalue weighted by molar-refractivity contribution is 4.91. The van der Waals surface area contributed by atoms with E-state index in [0.717, 1.165) is 11.8 Å². The Kier molecular flexibility index (Phi) is 5.37. The highest BCUT2D eigenvalue weighted by atomic mass is 14.5. The summed E-state index contributed by atoms with van der Waals surface area (Å²) in [7, 11) is 0. The molecule has 0 aromatic rings. The second-order valence-electron chi connectivity index (χ2n) is 6.53. The molecule has 0 saturated heterocycles. The lowest BCUT2D eigenvalue weighted by molar-refractivity contribution is 0.00781. The van der Waals surface area contributed by atoms with Crippen molar-refractivity contribution in [2.24, 2.45) is 22.7 Å². The van der Waals surface area contributed by atoms with Crippen LogP contribution in [0.2, 0.25) is 0 Å². The third-order valence-electron chi connectivity index (χ3n) is 5.17. The molecule has 0 aromatic carbocycles. The quantitative estimate of drug-likeness (QED) is 0.543. The minimum atomic E-state index is 0.449. The molecule has 15 heavy (non-hydrogen) atoms. The van der Waals surface area contributed by atoms with E-state index in [2.05, 4.69) is 55.4 Å². The monoisotopic (exact) mass is 212 g/mol. The van der Waals surface area contributed by atoms with Crippen molar-refractivity contribution in [3.63, 3.8) is 0 Å². The molecule has 0 heteroatoms. The minimum absolute atomic E-state index is 0.449. The van der Waals surface area contributed by atoms with E-state index in [4.69, 9.17) is 0 Å². The molecule has 0 radical (unpaired) electrons. The Morgan fingerprint density at radius 1 is 0.933 bits per heavy atom. The predicted molar refractivity (Wildman–Crippen MR) is 71.1 cm³/mol. The molecule has 92 valence electrons. The van der Waals surface area contributed by atoms with Gasteiger partial charge in [-0.05, 0) is 29.1 Å². The topological polar surface area (TPSA) is 0 Å². The first-order valence-corrected chi connectivity index (χ1v) is 6.71. The second-order valence-corrected chi connectivity index (χ2v) is 6.53. The van der Waals surface area contributed by atoms with E-state index in [1.807, 2.05) is 0 Å². The molecule has 0 N–H and O–H groups in total. The van der Waals surface area contributed by atoms with Crippen LogP contribution in [0.4, 0.5) is 0 Å². The minimum Gasteiger partial charge on any atom is -0.0651 e. The fourth-order valence-electron chi connectivity index (χ4n) is 2.57. The van der Waals surface area contributed by atoms with Crippen molar-refractivity contribution in [2.45, 2.75) is 74.7 Å². The molecule has 0 bridgehead atoms. The van der Waals surface area contributed by atoms with Crippen molar-refractivity contribution in [1.82, 2.24) is 0 Å². The van der Waals surface area contributed by atoms with Crippen LogP contribution in [0.5, 0.6) is 0 Å². The van der Waals surface area contributed by atoms with Gasteiger partial charge in [-0.15, -0.1) is 0 Å². The van der Waals surface area contributed by atoms with Gasteiger partial charge in [0, 0.05) is 0 Å². The zero-order valence-electron chi connectivity index (χ0n) is 12.3. The molecule has 0 saturated carbocycles. The Hall–Kier alpha value is 0. The molecule has 0 aliphatic rings. The Balaban J connectivity index is 4.90. The Morgan fingerprint density at radius 2 is 1.40 bits per heavy atom. The fourth-order valence-corrected chi connectivity index (χ4v) is 2.57. The molecule has 0 amide bonds. The summed E-state index contributed by atoms with van der Waals surface area (Å²) in [5.41, 5.74) is 0.918. The first-order chi connectivity index (χ1) is 6.71. The summed E-state index contributed by atoms with van der Waals surface area (Å²) >= 11 is 0. The van der Waals surface area contributed by atoms with Crippen LogP contribution in [-0.2, 0) is 0 Å². The van der Waals surface area contributed by atoms with Gasteiger partial charge >= 0.3 is 0 Å². The van der Waals surface area contributed by atoms with Crippen LogP contribution in [0.15, 0.2) is 0 Å². The summed E-state index contributed by atoms with van der Waals surface area (Å²) in [4.78, 5) is 0. The lowest BCUT2D eigenvalue weighted by atomic mass is 9.56. The molecule has 2 atom stereocenters. The molecule has 0 fully saturated rings. The first kappa shape index (κ1) is 15.0. The fraction of sp³-hybridized carbons (Fsp3) is 1.00. The number of hydrogen-bond acceptors (Lipinski definition) is 0. The normalized spacial score (nSPS) is 19.0. The van der Waals surface area contributed by atoms with E-state index in [0.29, 0.717) is 10.8 Å².